The molecule has 0 atom stereocenters. The molecule has 27 heavy (non-hydrogen) atoms. The van der Waals surface area contributed by atoms with Gasteiger partial charge in [-0.25, -0.2) is 5.43 Å². The molecule has 0 saturated heterocycles. The van der Waals surface area contributed by atoms with Crippen LogP contribution in [0.3, 0.4) is 0 Å². The number of rotatable bonds is 9. The van der Waals surface area contributed by atoms with E-state index < -0.39 is 0 Å². The molecule has 0 heterocycles. The lowest BCUT2D eigenvalue weighted by Gasteiger charge is -2.08. The first-order valence-corrected chi connectivity index (χ1v) is 10.1. The Morgan fingerprint density at radius 2 is 1.96 bits per heavy atom. The molecule has 0 aliphatic heterocycles. The second-order valence-corrected chi connectivity index (χ2v) is 7.33. The zero-order valence-electron chi connectivity index (χ0n) is 15.1. The Morgan fingerprint density at radius 1 is 1.19 bits per heavy atom. The van der Waals surface area contributed by atoms with Crippen molar-refractivity contribution in [3.8, 4) is 5.75 Å². The quantitative estimate of drug-likeness (QED) is 0.380. The molecule has 142 valence electrons. The number of carbonyl (C=O) groups is 2. The van der Waals surface area contributed by atoms with Gasteiger partial charge in [0.2, 0.25) is 5.91 Å². The molecule has 2 aromatic rings. The Kier molecular flexibility index (Phi) is 8.94. The first-order chi connectivity index (χ1) is 13.1. The van der Waals surface area contributed by atoms with Gasteiger partial charge in [0.25, 0.3) is 0 Å². The number of hydrogen-bond acceptors (Lipinski definition) is 6. The van der Waals surface area contributed by atoms with Gasteiger partial charge in [-0.1, -0.05) is 48.2 Å². The number of carbonyl (C=O) groups excluding carboxylic acids is 2. The van der Waals surface area contributed by atoms with Gasteiger partial charge in [-0.3, -0.25) is 9.59 Å². The van der Waals surface area contributed by atoms with Crippen LogP contribution in [0.2, 0.25) is 0 Å². The van der Waals surface area contributed by atoms with E-state index in [4.69, 9.17) is 4.74 Å². The fourth-order valence-corrected chi connectivity index (χ4v) is 2.93. The number of benzene rings is 2. The van der Waals surface area contributed by atoms with Crippen molar-refractivity contribution < 1.29 is 14.3 Å². The van der Waals surface area contributed by atoms with Gasteiger partial charge in [0.15, 0.2) is 5.12 Å². The van der Waals surface area contributed by atoms with Crippen LogP contribution >= 0.6 is 24.4 Å². The zero-order chi connectivity index (χ0) is 19.5. The summed E-state index contributed by atoms with van der Waals surface area (Å²) in [5.74, 6) is 1.69. The second kappa shape index (κ2) is 11.5. The SMILES string of the molecule is CC(=O)SCc1cccc(COc2cccc(/C=N/NC(=O)CCS)c2)c1. The van der Waals surface area contributed by atoms with E-state index in [1.807, 2.05) is 48.5 Å². The highest BCUT2D eigenvalue weighted by Crippen LogP contribution is 2.17. The molecule has 0 aromatic heterocycles. The summed E-state index contributed by atoms with van der Waals surface area (Å²) in [6.45, 7) is 2.00. The van der Waals surface area contributed by atoms with Crippen LogP contribution in [0.25, 0.3) is 0 Å². The van der Waals surface area contributed by atoms with Gasteiger partial charge in [-0.05, 0) is 34.6 Å². The largest absolute Gasteiger partial charge is 0.489 e. The highest BCUT2D eigenvalue weighted by atomic mass is 32.2. The minimum absolute atomic E-state index is 0.108. The predicted octanol–water partition coefficient (Wildman–Crippen LogP) is 3.82. The third-order valence-corrected chi connectivity index (χ3v) is 4.55. The van der Waals surface area contributed by atoms with E-state index in [-0.39, 0.29) is 11.0 Å². The maximum Gasteiger partial charge on any atom is 0.240 e. The number of hydrogen-bond donors (Lipinski definition) is 2. The second-order valence-electron chi connectivity index (χ2n) is 5.73. The highest BCUT2D eigenvalue weighted by molar-refractivity contribution is 8.12. The number of hydrazone groups is 1. The maximum atomic E-state index is 11.4. The molecule has 1 N–H and O–H groups in total. The molecule has 0 fully saturated rings. The number of nitrogens with zero attached hydrogens (tertiary/aromatic N) is 1. The molecule has 0 radical (unpaired) electrons. The van der Waals surface area contributed by atoms with E-state index >= 15 is 0 Å². The van der Waals surface area contributed by atoms with Gasteiger partial charge in [-0.2, -0.15) is 17.7 Å². The number of thiol groups is 1. The van der Waals surface area contributed by atoms with Gasteiger partial charge in [-0.15, -0.1) is 0 Å². The fraction of sp³-hybridized carbons (Fsp3) is 0.250. The number of nitrogens with one attached hydrogen (secondary N) is 1. The summed E-state index contributed by atoms with van der Waals surface area (Å²) in [5.41, 5.74) is 5.40. The molecule has 0 aliphatic carbocycles. The van der Waals surface area contributed by atoms with Crippen molar-refractivity contribution in [1.29, 1.82) is 0 Å². The zero-order valence-corrected chi connectivity index (χ0v) is 16.8. The van der Waals surface area contributed by atoms with Crippen molar-refractivity contribution in [2.75, 3.05) is 5.75 Å². The van der Waals surface area contributed by atoms with Crippen LogP contribution in [-0.4, -0.2) is 23.0 Å². The molecule has 1 amide bonds. The summed E-state index contributed by atoms with van der Waals surface area (Å²) in [4.78, 5) is 22.4. The Bertz CT molecular complexity index is 809. The van der Waals surface area contributed by atoms with E-state index in [9.17, 15) is 9.59 Å². The average Bonchev–Trinajstić information content (AvgIpc) is 2.66. The van der Waals surface area contributed by atoms with E-state index in [1.54, 1.807) is 13.1 Å². The molecule has 0 unspecified atom stereocenters. The van der Waals surface area contributed by atoms with Gasteiger partial charge < -0.3 is 4.74 Å². The van der Waals surface area contributed by atoms with Crippen LogP contribution < -0.4 is 10.2 Å². The molecule has 2 aromatic carbocycles. The van der Waals surface area contributed by atoms with Gasteiger partial charge >= 0.3 is 0 Å². The van der Waals surface area contributed by atoms with Crippen LogP contribution in [0.4, 0.5) is 0 Å². The molecule has 0 bridgehead atoms. The minimum Gasteiger partial charge on any atom is -0.489 e. The number of thioether (sulfide) groups is 1. The lowest BCUT2D eigenvalue weighted by atomic mass is 10.1. The van der Waals surface area contributed by atoms with Gasteiger partial charge in [0.1, 0.15) is 12.4 Å². The summed E-state index contributed by atoms with van der Waals surface area (Å²) in [6, 6.07) is 15.5. The molecule has 7 heteroatoms. The molecule has 0 saturated carbocycles. The third kappa shape index (κ3) is 8.32. The number of amides is 1. The lowest BCUT2D eigenvalue weighted by Crippen LogP contribution is -2.17. The monoisotopic (exact) mass is 402 g/mol. The molecular weight excluding hydrogens is 380 g/mol. The van der Waals surface area contributed by atoms with Crippen molar-refractivity contribution in [3.63, 3.8) is 0 Å². The van der Waals surface area contributed by atoms with Crippen LogP contribution in [0, 0.1) is 0 Å². The third-order valence-electron chi connectivity index (χ3n) is 3.44. The maximum absolute atomic E-state index is 11.4. The topological polar surface area (TPSA) is 67.8 Å². The fourth-order valence-electron chi connectivity index (χ4n) is 2.18. The molecule has 2 rings (SSSR count). The standard InChI is InChI=1S/C20H22N2O3S2/c1-15(23)27-14-18-6-2-5-17(10-18)13-25-19-7-3-4-16(11-19)12-21-22-20(24)8-9-26/h2-7,10-12,26H,8-9,13-14H2,1H3,(H,22,24)/b21-12+. The van der Waals surface area contributed by atoms with Crippen molar-refractivity contribution in [3.05, 3.63) is 65.2 Å². The summed E-state index contributed by atoms with van der Waals surface area (Å²) >= 11 is 5.29. The van der Waals surface area contributed by atoms with Crippen LogP contribution in [-0.2, 0) is 21.9 Å². The van der Waals surface area contributed by atoms with E-state index in [2.05, 4.69) is 23.2 Å². The van der Waals surface area contributed by atoms with Crippen LogP contribution in [0.5, 0.6) is 5.75 Å². The summed E-state index contributed by atoms with van der Waals surface area (Å²) in [6.07, 6.45) is 1.90. The normalized spacial score (nSPS) is 10.7. The first kappa shape index (κ1) is 21.1. The van der Waals surface area contributed by atoms with E-state index in [0.29, 0.717) is 30.3 Å². The van der Waals surface area contributed by atoms with Crippen molar-refractivity contribution in [1.82, 2.24) is 5.43 Å². The number of ether oxygens (including phenoxy) is 1. The van der Waals surface area contributed by atoms with E-state index in [1.165, 1.54) is 11.8 Å². The van der Waals surface area contributed by atoms with Crippen molar-refractivity contribution in [2.24, 2.45) is 5.10 Å². The summed E-state index contributed by atoms with van der Waals surface area (Å²) in [5, 5.41) is 4.03. The summed E-state index contributed by atoms with van der Waals surface area (Å²) < 4.78 is 5.85. The Morgan fingerprint density at radius 3 is 2.74 bits per heavy atom. The molecule has 0 spiro atoms. The van der Waals surface area contributed by atoms with Crippen molar-refractivity contribution >= 4 is 41.6 Å². The average molecular weight is 403 g/mol. The predicted molar refractivity (Wildman–Crippen MR) is 113 cm³/mol. The molecule has 5 nitrogen and oxygen atoms in total. The van der Waals surface area contributed by atoms with Crippen LogP contribution in [0.15, 0.2) is 53.6 Å². The Labute approximate surface area is 169 Å². The minimum atomic E-state index is -0.170. The molecular formula is C20H22N2O3S2. The Balaban J connectivity index is 1.91. The first-order valence-electron chi connectivity index (χ1n) is 8.43. The smallest absolute Gasteiger partial charge is 0.240 e. The summed E-state index contributed by atoms with van der Waals surface area (Å²) in [7, 11) is 0. The Hall–Kier alpha value is -2.25. The van der Waals surface area contributed by atoms with Gasteiger partial charge in [0.05, 0.1) is 6.21 Å². The van der Waals surface area contributed by atoms with E-state index in [0.717, 1.165) is 16.7 Å². The van der Waals surface area contributed by atoms with Crippen LogP contribution in [0.1, 0.15) is 30.0 Å². The highest BCUT2D eigenvalue weighted by Gasteiger charge is 2.02. The lowest BCUT2D eigenvalue weighted by molar-refractivity contribution is -0.120. The molecule has 0 aliphatic rings. The van der Waals surface area contributed by atoms with Gasteiger partial charge in [0, 0.05) is 19.1 Å². The van der Waals surface area contributed by atoms with Crippen molar-refractivity contribution in [2.45, 2.75) is 25.7 Å².